The standard InChI is InChI=1S/C19H16N2O4/c22-14-11-19(17(23)20-14)18(24)25-16(13-9-5-2-6-10-13)15(21-19)12-7-3-1-4-8-12/h1-10,15-16,21H,11H2,(H,20,22,23)/t15-,16+,19+/m0/s1. The summed E-state index contributed by atoms with van der Waals surface area (Å²) in [6.45, 7) is 0. The fourth-order valence-corrected chi connectivity index (χ4v) is 3.39. The van der Waals surface area contributed by atoms with Gasteiger partial charge in [0.05, 0.1) is 12.5 Å². The monoisotopic (exact) mass is 336 g/mol. The summed E-state index contributed by atoms with van der Waals surface area (Å²) in [4.78, 5) is 36.6. The van der Waals surface area contributed by atoms with Crippen molar-refractivity contribution in [2.45, 2.75) is 24.1 Å². The quantitative estimate of drug-likeness (QED) is 0.492. The molecule has 1 spiro atoms. The first-order chi connectivity index (χ1) is 12.1. The second kappa shape index (κ2) is 5.82. The lowest BCUT2D eigenvalue weighted by Crippen LogP contribution is -2.63. The molecule has 126 valence electrons. The van der Waals surface area contributed by atoms with Crippen LogP contribution >= 0.6 is 0 Å². The van der Waals surface area contributed by atoms with E-state index >= 15 is 0 Å². The summed E-state index contributed by atoms with van der Waals surface area (Å²) in [6, 6.07) is 18.3. The summed E-state index contributed by atoms with van der Waals surface area (Å²) in [5, 5.41) is 5.31. The third kappa shape index (κ3) is 2.51. The molecule has 2 N–H and O–H groups in total. The Hall–Kier alpha value is -2.99. The smallest absolute Gasteiger partial charge is 0.337 e. The molecular weight excluding hydrogens is 320 g/mol. The zero-order chi connectivity index (χ0) is 17.4. The maximum Gasteiger partial charge on any atom is 0.337 e. The van der Waals surface area contributed by atoms with Crippen LogP contribution in [0.15, 0.2) is 60.7 Å². The highest BCUT2D eigenvalue weighted by atomic mass is 16.6. The van der Waals surface area contributed by atoms with Gasteiger partial charge in [0, 0.05) is 0 Å². The van der Waals surface area contributed by atoms with Gasteiger partial charge in [-0.15, -0.1) is 0 Å². The molecule has 6 heteroatoms. The molecule has 3 atom stereocenters. The highest BCUT2D eigenvalue weighted by molar-refractivity contribution is 6.20. The highest BCUT2D eigenvalue weighted by Gasteiger charge is 2.59. The second-order valence-corrected chi connectivity index (χ2v) is 6.23. The normalized spacial score (nSPS) is 28.7. The minimum Gasteiger partial charge on any atom is -0.454 e. The zero-order valence-corrected chi connectivity index (χ0v) is 13.3. The number of benzene rings is 2. The van der Waals surface area contributed by atoms with Gasteiger partial charge in [0.25, 0.3) is 5.91 Å². The van der Waals surface area contributed by atoms with E-state index in [9.17, 15) is 14.4 Å². The number of nitrogens with one attached hydrogen (secondary N) is 2. The van der Waals surface area contributed by atoms with E-state index in [1.165, 1.54) is 0 Å². The molecule has 2 fully saturated rings. The molecule has 2 aliphatic heterocycles. The first-order valence-corrected chi connectivity index (χ1v) is 8.03. The van der Waals surface area contributed by atoms with Crippen molar-refractivity contribution in [1.29, 1.82) is 0 Å². The first kappa shape index (κ1) is 15.5. The van der Waals surface area contributed by atoms with E-state index in [2.05, 4.69) is 10.6 Å². The summed E-state index contributed by atoms with van der Waals surface area (Å²) in [5.74, 6) is -1.87. The van der Waals surface area contributed by atoms with Crippen LogP contribution in [0, 0.1) is 0 Å². The molecule has 0 radical (unpaired) electrons. The number of rotatable bonds is 2. The largest absolute Gasteiger partial charge is 0.454 e. The summed E-state index contributed by atoms with van der Waals surface area (Å²) in [7, 11) is 0. The van der Waals surface area contributed by atoms with Crippen molar-refractivity contribution >= 4 is 17.8 Å². The summed E-state index contributed by atoms with van der Waals surface area (Å²) in [5.41, 5.74) is 0.0234. The fraction of sp³-hybridized carbons (Fsp3) is 0.211. The molecule has 6 nitrogen and oxygen atoms in total. The van der Waals surface area contributed by atoms with Gasteiger partial charge in [-0.3, -0.25) is 20.2 Å². The van der Waals surface area contributed by atoms with Crippen molar-refractivity contribution in [3.63, 3.8) is 0 Å². The summed E-state index contributed by atoms with van der Waals surface area (Å²) < 4.78 is 5.68. The van der Waals surface area contributed by atoms with Crippen molar-refractivity contribution < 1.29 is 19.1 Å². The van der Waals surface area contributed by atoms with Crippen LogP contribution < -0.4 is 10.6 Å². The van der Waals surface area contributed by atoms with Gasteiger partial charge in [0.2, 0.25) is 11.4 Å². The lowest BCUT2D eigenvalue weighted by Gasteiger charge is -2.40. The summed E-state index contributed by atoms with van der Waals surface area (Å²) >= 11 is 0. The van der Waals surface area contributed by atoms with E-state index in [1.807, 2.05) is 60.7 Å². The van der Waals surface area contributed by atoms with E-state index in [-0.39, 0.29) is 6.42 Å². The maximum atomic E-state index is 12.6. The fourth-order valence-electron chi connectivity index (χ4n) is 3.39. The van der Waals surface area contributed by atoms with Crippen LogP contribution in [0.3, 0.4) is 0 Å². The minimum atomic E-state index is -1.66. The minimum absolute atomic E-state index is 0.254. The average Bonchev–Trinajstić information content (AvgIpc) is 2.92. The predicted molar refractivity (Wildman–Crippen MR) is 88.1 cm³/mol. The molecule has 2 aromatic carbocycles. The Morgan fingerprint density at radius 3 is 2.04 bits per heavy atom. The molecule has 2 aliphatic rings. The number of cyclic esters (lactones) is 1. The number of hydrogen-bond acceptors (Lipinski definition) is 5. The molecule has 0 unspecified atom stereocenters. The number of carbonyl (C=O) groups excluding carboxylic acids is 3. The van der Waals surface area contributed by atoms with Gasteiger partial charge >= 0.3 is 5.97 Å². The third-order valence-corrected chi connectivity index (χ3v) is 4.64. The number of carbonyl (C=O) groups is 3. The van der Waals surface area contributed by atoms with Crippen molar-refractivity contribution in [3.8, 4) is 0 Å². The lowest BCUT2D eigenvalue weighted by molar-refractivity contribution is -0.171. The Balaban J connectivity index is 1.78. The average molecular weight is 336 g/mol. The molecule has 2 aromatic rings. The van der Waals surface area contributed by atoms with Crippen LogP contribution in [0.4, 0.5) is 0 Å². The van der Waals surface area contributed by atoms with Crippen molar-refractivity contribution in [3.05, 3.63) is 71.8 Å². The molecule has 4 rings (SSSR count). The molecule has 0 bridgehead atoms. The molecule has 0 saturated carbocycles. The first-order valence-electron chi connectivity index (χ1n) is 8.03. The Labute approximate surface area is 144 Å². The van der Waals surface area contributed by atoms with Gasteiger partial charge in [-0.2, -0.15) is 0 Å². The van der Waals surface area contributed by atoms with Crippen LogP contribution in [-0.2, 0) is 19.1 Å². The van der Waals surface area contributed by atoms with Crippen LogP contribution in [0.5, 0.6) is 0 Å². The van der Waals surface area contributed by atoms with Crippen LogP contribution in [0.2, 0.25) is 0 Å². The highest BCUT2D eigenvalue weighted by Crippen LogP contribution is 2.40. The van der Waals surface area contributed by atoms with Gasteiger partial charge < -0.3 is 4.74 Å². The van der Waals surface area contributed by atoms with Gasteiger partial charge in [-0.25, -0.2) is 4.79 Å². The van der Waals surface area contributed by atoms with Crippen molar-refractivity contribution in [2.75, 3.05) is 0 Å². The lowest BCUT2D eigenvalue weighted by atomic mass is 9.87. The third-order valence-electron chi connectivity index (χ3n) is 4.64. The van der Waals surface area contributed by atoms with Gasteiger partial charge in [-0.05, 0) is 11.1 Å². The molecule has 2 amide bonds. The van der Waals surface area contributed by atoms with E-state index in [0.29, 0.717) is 0 Å². The molecule has 25 heavy (non-hydrogen) atoms. The zero-order valence-electron chi connectivity index (χ0n) is 13.3. The number of hydrogen-bond donors (Lipinski definition) is 2. The topological polar surface area (TPSA) is 84.5 Å². The van der Waals surface area contributed by atoms with E-state index in [0.717, 1.165) is 11.1 Å². The van der Waals surface area contributed by atoms with Gasteiger partial charge in [-0.1, -0.05) is 60.7 Å². The van der Waals surface area contributed by atoms with E-state index < -0.39 is 35.5 Å². The van der Waals surface area contributed by atoms with Crippen LogP contribution in [0.1, 0.15) is 29.7 Å². The van der Waals surface area contributed by atoms with E-state index in [4.69, 9.17) is 4.74 Å². The summed E-state index contributed by atoms with van der Waals surface area (Å²) in [6.07, 6.45) is -0.847. The number of morpholine rings is 1. The number of imide groups is 1. The Morgan fingerprint density at radius 1 is 0.880 bits per heavy atom. The Bertz CT molecular complexity index is 837. The van der Waals surface area contributed by atoms with E-state index in [1.54, 1.807) is 0 Å². The molecular formula is C19H16N2O4. The second-order valence-electron chi connectivity index (χ2n) is 6.23. The van der Waals surface area contributed by atoms with Gasteiger partial charge in [0.1, 0.15) is 6.10 Å². The maximum absolute atomic E-state index is 12.6. The predicted octanol–water partition coefficient (Wildman–Crippen LogP) is 1.40. The van der Waals surface area contributed by atoms with Gasteiger partial charge in [0.15, 0.2) is 0 Å². The number of esters is 1. The molecule has 2 saturated heterocycles. The van der Waals surface area contributed by atoms with Crippen molar-refractivity contribution in [1.82, 2.24) is 10.6 Å². The van der Waals surface area contributed by atoms with Crippen LogP contribution in [-0.4, -0.2) is 23.3 Å². The Kier molecular flexibility index (Phi) is 3.62. The van der Waals surface area contributed by atoms with Crippen molar-refractivity contribution in [2.24, 2.45) is 0 Å². The molecule has 0 aromatic heterocycles. The number of amides is 2. The molecule has 2 heterocycles. The molecule has 0 aliphatic carbocycles. The Morgan fingerprint density at radius 2 is 1.48 bits per heavy atom. The van der Waals surface area contributed by atoms with Crippen LogP contribution in [0.25, 0.3) is 0 Å². The number of ether oxygens (including phenoxy) is 1. The SMILES string of the molecule is O=C1C[C@@]2(N[C@@H](c3ccccc3)[C@@H](c3ccccc3)OC2=O)C(=O)N1.